The second-order valence-corrected chi connectivity index (χ2v) is 7.12. The lowest BCUT2D eigenvalue weighted by Gasteiger charge is -2.20. The number of anilines is 1. The number of carbonyl (C=O) groups is 1. The fourth-order valence-corrected chi connectivity index (χ4v) is 3.70. The molecule has 1 heterocycles. The number of ketones is 1. The molecule has 30 heavy (non-hydrogen) atoms. The third-order valence-corrected chi connectivity index (χ3v) is 5.22. The van der Waals surface area contributed by atoms with E-state index in [1.165, 1.54) is 0 Å². The zero-order chi connectivity index (χ0) is 21.1. The van der Waals surface area contributed by atoms with E-state index < -0.39 is 6.04 Å². The number of methoxy groups -OCH3 is 2. The van der Waals surface area contributed by atoms with Gasteiger partial charge in [-0.25, -0.2) is 0 Å². The molecule has 5 heteroatoms. The molecule has 0 aliphatic carbocycles. The van der Waals surface area contributed by atoms with Gasteiger partial charge in [0.2, 0.25) is 0 Å². The number of ether oxygens (including phenoxy) is 2. The van der Waals surface area contributed by atoms with Gasteiger partial charge in [-0.15, -0.1) is 0 Å². The summed E-state index contributed by atoms with van der Waals surface area (Å²) in [6, 6.07) is 22.6. The molecule has 3 aromatic carbocycles. The van der Waals surface area contributed by atoms with Gasteiger partial charge in [0.25, 0.3) is 0 Å². The Labute approximate surface area is 175 Å². The van der Waals surface area contributed by atoms with Gasteiger partial charge in [-0.1, -0.05) is 48.5 Å². The highest BCUT2D eigenvalue weighted by Crippen LogP contribution is 2.32. The van der Waals surface area contributed by atoms with Crippen molar-refractivity contribution in [3.05, 3.63) is 90.1 Å². The van der Waals surface area contributed by atoms with Crippen molar-refractivity contribution in [3.63, 3.8) is 0 Å². The van der Waals surface area contributed by atoms with Crippen LogP contribution in [0.1, 0.15) is 22.0 Å². The second kappa shape index (κ2) is 8.33. The number of benzene rings is 3. The number of nitrogens with one attached hydrogen (secondary N) is 1. The molecule has 0 aliphatic heterocycles. The Morgan fingerprint density at radius 2 is 1.53 bits per heavy atom. The average Bonchev–Trinajstić information content (AvgIpc) is 3.14. The maximum Gasteiger partial charge on any atom is 0.191 e. The Kier molecular flexibility index (Phi) is 5.44. The summed E-state index contributed by atoms with van der Waals surface area (Å²) < 4.78 is 12.8. The van der Waals surface area contributed by atoms with Crippen molar-refractivity contribution in [1.82, 2.24) is 4.57 Å². The van der Waals surface area contributed by atoms with Crippen molar-refractivity contribution in [2.75, 3.05) is 19.5 Å². The van der Waals surface area contributed by atoms with E-state index in [-0.39, 0.29) is 5.78 Å². The molecule has 0 radical (unpaired) electrons. The lowest BCUT2D eigenvalue weighted by molar-refractivity contribution is 0.0971. The smallest absolute Gasteiger partial charge is 0.191 e. The molecule has 0 saturated carbocycles. The van der Waals surface area contributed by atoms with E-state index in [4.69, 9.17) is 9.47 Å². The average molecular weight is 400 g/mol. The predicted octanol–water partition coefficient (Wildman–Crippen LogP) is 5.23. The van der Waals surface area contributed by atoms with Crippen molar-refractivity contribution in [1.29, 1.82) is 0 Å². The molecule has 4 aromatic rings. The van der Waals surface area contributed by atoms with E-state index in [1.807, 2.05) is 84.5 Å². The first-order valence-electron chi connectivity index (χ1n) is 9.73. The Bertz CT molecular complexity index is 1160. The molecule has 5 nitrogen and oxygen atoms in total. The fraction of sp³-hybridized carbons (Fsp3) is 0.160. The van der Waals surface area contributed by atoms with Crippen LogP contribution in [0.3, 0.4) is 0 Å². The van der Waals surface area contributed by atoms with Gasteiger partial charge in [-0.2, -0.15) is 0 Å². The van der Waals surface area contributed by atoms with Gasteiger partial charge in [0.1, 0.15) is 17.5 Å². The van der Waals surface area contributed by atoms with E-state index >= 15 is 0 Å². The minimum absolute atomic E-state index is 0.000197. The molecule has 152 valence electrons. The molecule has 0 spiro atoms. The van der Waals surface area contributed by atoms with Crippen LogP contribution in [0, 0.1) is 0 Å². The van der Waals surface area contributed by atoms with Crippen LogP contribution in [0.4, 0.5) is 5.69 Å². The van der Waals surface area contributed by atoms with Crippen LogP contribution in [0.2, 0.25) is 0 Å². The molecule has 1 N–H and O–H groups in total. The van der Waals surface area contributed by atoms with Crippen LogP contribution in [0.15, 0.2) is 79.0 Å². The molecule has 0 aliphatic rings. The summed E-state index contributed by atoms with van der Waals surface area (Å²) in [6.45, 7) is 0. The first kappa shape index (κ1) is 19.6. The molecule has 0 bridgehead atoms. The van der Waals surface area contributed by atoms with Crippen molar-refractivity contribution in [3.8, 4) is 11.5 Å². The van der Waals surface area contributed by atoms with Crippen molar-refractivity contribution in [2.24, 2.45) is 7.05 Å². The molecule has 4 rings (SSSR count). The zero-order valence-electron chi connectivity index (χ0n) is 17.3. The Morgan fingerprint density at radius 3 is 2.20 bits per heavy atom. The summed E-state index contributed by atoms with van der Waals surface area (Å²) in [5.74, 6) is 1.31. The molecule has 0 fully saturated rings. The van der Waals surface area contributed by atoms with E-state index in [0.717, 1.165) is 22.2 Å². The monoisotopic (exact) mass is 400 g/mol. The first-order valence-corrected chi connectivity index (χ1v) is 9.73. The minimum Gasteiger partial charge on any atom is -0.497 e. The van der Waals surface area contributed by atoms with Crippen molar-refractivity contribution >= 4 is 22.4 Å². The number of rotatable bonds is 7. The third-order valence-electron chi connectivity index (χ3n) is 5.22. The number of aromatic nitrogens is 1. The maximum absolute atomic E-state index is 13.7. The largest absolute Gasteiger partial charge is 0.497 e. The van der Waals surface area contributed by atoms with Gasteiger partial charge in [-0.05, 0) is 11.6 Å². The summed E-state index contributed by atoms with van der Waals surface area (Å²) >= 11 is 0. The SMILES string of the molecule is COc1cc(NC(C(=O)c2cn(C)c3ccccc23)c2ccccc2)cc(OC)c1. The van der Waals surface area contributed by atoms with E-state index in [1.54, 1.807) is 20.3 Å². The number of hydrogen-bond acceptors (Lipinski definition) is 4. The Morgan fingerprint density at radius 1 is 0.900 bits per heavy atom. The van der Waals surface area contributed by atoms with Gasteiger partial charge in [-0.3, -0.25) is 4.79 Å². The summed E-state index contributed by atoms with van der Waals surface area (Å²) in [4.78, 5) is 13.7. The molecule has 0 saturated heterocycles. The fourth-order valence-electron chi connectivity index (χ4n) is 3.70. The molecule has 1 aromatic heterocycles. The second-order valence-electron chi connectivity index (χ2n) is 7.12. The predicted molar refractivity (Wildman–Crippen MR) is 120 cm³/mol. The normalized spacial score (nSPS) is 11.8. The molecular weight excluding hydrogens is 376 g/mol. The van der Waals surface area contributed by atoms with Gasteiger partial charge >= 0.3 is 0 Å². The quantitative estimate of drug-likeness (QED) is 0.432. The van der Waals surface area contributed by atoms with Gasteiger partial charge in [0.05, 0.1) is 14.2 Å². The van der Waals surface area contributed by atoms with Crippen LogP contribution in [-0.2, 0) is 7.05 Å². The summed E-state index contributed by atoms with van der Waals surface area (Å²) in [5.41, 5.74) is 3.34. The molecule has 1 atom stereocenters. The maximum atomic E-state index is 13.7. The number of para-hydroxylation sites is 1. The van der Waals surface area contributed by atoms with Gasteiger partial charge in [0, 0.05) is 53.6 Å². The minimum atomic E-state index is -0.561. The van der Waals surface area contributed by atoms with Crippen LogP contribution >= 0.6 is 0 Å². The van der Waals surface area contributed by atoms with Crippen LogP contribution in [0.5, 0.6) is 11.5 Å². The number of carbonyl (C=O) groups excluding carboxylic acids is 1. The standard InChI is InChI=1S/C25H24N2O3/c1-27-16-22(21-11-7-8-12-23(21)27)25(28)24(17-9-5-4-6-10-17)26-18-13-19(29-2)15-20(14-18)30-3/h4-16,24,26H,1-3H3. The molecular formula is C25H24N2O3. The van der Waals surface area contributed by atoms with E-state index in [0.29, 0.717) is 17.1 Å². The van der Waals surface area contributed by atoms with Gasteiger partial charge in [0.15, 0.2) is 5.78 Å². The zero-order valence-corrected chi connectivity index (χ0v) is 17.3. The number of hydrogen-bond donors (Lipinski definition) is 1. The van der Waals surface area contributed by atoms with E-state index in [9.17, 15) is 4.79 Å². The van der Waals surface area contributed by atoms with Crippen LogP contribution < -0.4 is 14.8 Å². The molecule has 1 unspecified atom stereocenters. The van der Waals surface area contributed by atoms with Crippen molar-refractivity contribution < 1.29 is 14.3 Å². The lowest BCUT2D eigenvalue weighted by Crippen LogP contribution is -2.21. The topological polar surface area (TPSA) is 52.5 Å². The third kappa shape index (κ3) is 3.74. The summed E-state index contributed by atoms with van der Waals surface area (Å²) in [7, 11) is 5.17. The lowest BCUT2D eigenvalue weighted by atomic mass is 9.96. The number of fused-ring (bicyclic) bond motifs is 1. The molecule has 0 amide bonds. The van der Waals surface area contributed by atoms with Crippen LogP contribution in [0.25, 0.3) is 10.9 Å². The number of nitrogens with zero attached hydrogens (tertiary/aromatic N) is 1. The number of Topliss-reactive ketones (excluding diaryl/α,β-unsaturated/α-hetero) is 1. The highest BCUT2D eigenvalue weighted by atomic mass is 16.5. The highest BCUT2D eigenvalue weighted by Gasteiger charge is 2.25. The van der Waals surface area contributed by atoms with Crippen LogP contribution in [-0.4, -0.2) is 24.6 Å². The number of aryl methyl sites for hydroxylation is 1. The Balaban J connectivity index is 1.78. The van der Waals surface area contributed by atoms with Gasteiger partial charge < -0.3 is 19.4 Å². The first-order chi connectivity index (χ1) is 14.6. The van der Waals surface area contributed by atoms with Crippen molar-refractivity contribution in [2.45, 2.75) is 6.04 Å². The summed E-state index contributed by atoms with van der Waals surface area (Å²) in [5, 5.41) is 4.34. The Hall–Kier alpha value is -3.73. The highest BCUT2D eigenvalue weighted by molar-refractivity contribution is 6.11. The van der Waals surface area contributed by atoms with E-state index in [2.05, 4.69) is 5.32 Å². The summed E-state index contributed by atoms with van der Waals surface area (Å²) in [6.07, 6.45) is 1.90.